The van der Waals surface area contributed by atoms with Gasteiger partial charge in [0.2, 0.25) is 0 Å². The normalized spacial score (nSPS) is 10.7. The van der Waals surface area contributed by atoms with Crippen LogP contribution >= 0.6 is 0 Å². The fourth-order valence-corrected chi connectivity index (χ4v) is 2.39. The van der Waals surface area contributed by atoms with E-state index in [0.717, 1.165) is 5.76 Å². The Morgan fingerprint density at radius 1 is 1.48 bits per heavy atom. The first-order valence-corrected chi connectivity index (χ1v) is 7.65. The average molecular weight is 343 g/mol. The first-order valence-electron chi connectivity index (χ1n) is 7.65. The van der Waals surface area contributed by atoms with Crippen molar-refractivity contribution in [1.82, 2.24) is 4.98 Å². The lowest BCUT2D eigenvalue weighted by Gasteiger charge is -2.09. The van der Waals surface area contributed by atoms with E-state index in [2.05, 4.69) is 10.3 Å². The number of pyridine rings is 2. The van der Waals surface area contributed by atoms with E-state index in [1.807, 2.05) is 6.92 Å². The van der Waals surface area contributed by atoms with Gasteiger partial charge in [-0.3, -0.25) is 5.32 Å². The van der Waals surface area contributed by atoms with Crippen LogP contribution in [0.5, 0.6) is 11.6 Å². The number of furan rings is 1. The lowest BCUT2D eigenvalue weighted by molar-refractivity contribution is -0.605. The summed E-state index contributed by atoms with van der Waals surface area (Å²) in [6.45, 7) is 3.66. The summed E-state index contributed by atoms with van der Waals surface area (Å²) in [6.07, 6.45) is 4.03. The number of carbonyl (C=O) groups is 1. The fourth-order valence-electron chi connectivity index (χ4n) is 2.39. The second kappa shape index (κ2) is 6.68. The largest absolute Gasteiger partial charge is 0.619 e. The molecule has 130 valence electrons. The standard InChI is InChI=1S/C17H17N3O5/c1-4-11-7-12-14(8-18-16(23-3)15(12)24-11)25-17(21)19-13-5-6-20(22)9-10(13)2/h5-9H,4H2,1-3H3,(H,19,21). The van der Waals surface area contributed by atoms with Gasteiger partial charge in [0.1, 0.15) is 5.76 Å². The van der Waals surface area contributed by atoms with E-state index < -0.39 is 6.09 Å². The molecule has 0 aliphatic heterocycles. The number of methoxy groups -OCH3 is 1. The van der Waals surface area contributed by atoms with Crippen LogP contribution in [0.15, 0.2) is 35.1 Å². The fraction of sp³-hybridized carbons (Fsp3) is 0.235. The molecule has 3 aromatic rings. The Bertz CT molecular complexity index is 935. The van der Waals surface area contributed by atoms with Crippen molar-refractivity contribution >= 4 is 22.7 Å². The highest BCUT2D eigenvalue weighted by molar-refractivity contribution is 5.93. The third kappa shape index (κ3) is 3.32. The molecule has 0 saturated carbocycles. The molecule has 0 saturated heterocycles. The minimum atomic E-state index is -0.695. The van der Waals surface area contributed by atoms with Crippen LogP contribution in [0.1, 0.15) is 18.2 Å². The summed E-state index contributed by atoms with van der Waals surface area (Å²) in [6, 6.07) is 3.29. The van der Waals surface area contributed by atoms with Gasteiger partial charge in [-0.25, -0.2) is 9.78 Å². The molecule has 8 nitrogen and oxygen atoms in total. The van der Waals surface area contributed by atoms with E-state index in [4.69, 9.17) is 13.9 Å². The Morgan fingerprint density at radius 3 is 2.96 bits per heavy atom. The van der Waals surface area contributed by atoms with Crippen molar-refractivity contribution in [2.75, 3.05) is 12.4 Å². The molecule has 0 atom stereocenters. The van der Waals surface area contributed by atoms with Crippen molar-refractivity contribution in [1.29, 1.82) is 0 Å². The number of aryl methyl sites for hydroxylation is 2. The maximum atomic E-state index is 12.2. The topological polar surface area (TPSA) is 101 Å². The van der Waals surface area contributed by atoms with Gasteiger partial charge in [0.05, 0.1) is 24.4 Å². The van der Waals surface area contributed by atoms with Gasteiger partial charge < -0.3 is 19.1 Å². The second-order valence-corrected chi connectivity index (χ2v) is 5.36. The molecule has 0 spiro atoms. The molecule has 3 aromatic heterocycles. The number of carbonyl (C=O) groups excluding carboxylic acids is 1. The van der Waals surface area contributed by atoms with Gasteiger partial charge in [0.25, 0.3) is 5.88 Å². The first kappa shape index (κ1) is 16.6. The SMILES string of the molecule is CCc1cc2c(OC(=O)Nc3cc[n+]([O-])cc3C)cnc(OC)c2o1. The van der Waals surface area contributed by atoms with E-state index >= 15 is 0 Å². The summed E-state index contributed by atoms with van der Waals surface area (Å²) < 4.78 is 16.9. The summed E-state index contributed by atoms with van der Waals surface area (Å²) in [4.78, 5) is 16.3. The predicted molar refractivity (Wildman–Crippen MR) is 89.7 cm³/mol. The maximum absolute atomic E-state index is 12.2. The Morgan fingerprint density at radius 2 is 2.28 bits per heavy atom. The molecule has 1 amide bonds. The highest BCUT2D eigenvalue weighted by Crippen LogP contribution is 2.34. The van der Waals surface area contributed by atoms with Crippen LogP contribution in [-0.4, -0.2) is 18.2 Å². The van der Waals surface area contributed by atoms with E-state index in [0.29, 0.717) is 39.3 Å². The highest BCUT2D eigenvalue weighted by atomic mass is 16.6. The average Bonchev–Trinajstić information content (AvgIpc) is 3.02. The molecule has 0 radical (unpaired) electrons. The molecular weight excluding hydrogens is 326 g/mol. The molecule has 0 aromatic carbocycles. The molecule has 0 bridgehead atoms. The van der Waals surface area contributed by atoms with Crippen LogP contribution < -0.4 is 19.5 Å². The smallest absolute Gasteiger partial charge is 0.417 e. The zero-order chi connectivity index (χ0) is 18.0. The van der Waals surface area contributed by atoms with Crippen LogP contribution in [0.4, 0.5) is 10.5 Å². The molecule has 0 aliphatic rings. The van der Waals surface area contributed by atoms with E-state index in [9.17, 15) is 10.0 Å². The summed E-state index contributed by atoms with van der Waals surface area (Å²) in [7, 11) is 1.49. The predicted octanol–water partition coefficient (Wildman–Crippen LogP) is 2.95. The zero-order valence-corrected chi connectivity index (χ0v) is 14.0. The first-order chi connectivity index (χ1) is 12.0. The van der Waals surface area contributed by atoms with Crippen LogP contribution in [0.2, 0.25) is 0 Å². The zero-order valence-electron chi connectivity index (χ0n) is 14.0. The maximum Gasteiger partial charge on any atom is 0.417 e. The van der Waals surface area contributed by atoms with Crippen LogP contribution in [-0.2, 0) is 6.42 Å². The molecule has 25 heavy (non-hydrogen) atoms. The molecule has 8 heteroatoms. The number of aromatic nitrogens is 2. The van der Waals surface area contributed by atoms with Gasteiger partial charge in [-0.05, 0) is 13.0 Å². The third-order valence-corrected chi connectivity index (χ3v) is 3.66. The number of hydrogen-bond donors (Lipinski definition) is 1. The molecule has 3 heterocycles. The van der Waals surface area contributed by atoms with Crippen LogP contribution in [0, 0.1) is 12.1 Å². The molecular formula is C17H17N3O5. The number of nitrogens with one attached hydrogen (secondary N) is 1. The van der Waals surface area contributed by atoms with Crippen LogP contribution in [0.3, 0.4) is 0 Å². The Kier molecular flexibility index (Phi) is 4.42. The van der Waals surface area contributed by atoms with Crippen molar-refractivity contribution in [2.24, 2.45) is 0 Å². The van der Waals surface area contributed by atoms with Crippen LogP contribution in [0.25, 0.3) is 11.0 Å². The summed E-state index contributed by atoms with van der Waals surface area (Å²) in [5, 5.41) is 14.4. The van der Waals surface area contributed by atoms with Crippen molar-refractivity contribution in [2.45, 2.75) is 20.3 Å². The summed E-state index contributed by atoms with van der Waals surface area (Å²) in [5.74, 6) is 1.30. The Hall–Kier alpha value is -3.29. The second-order valence-electron chi connectivity index (χ2n) is 5.36. The highest BCUT2D eigenvalue weighted by Gasteiger charge is 2.17. The van der Waals surface area contributed by atoms with Gasteiger partial charge in [-0.2, -0.15) is 4.73 Å². The van der Waals surface area contributed by atoms with Gasteiger partial charge in [0.15, 0.2) is 23.7 Å². The molecule has 0 unspecified atom stereocenters. The Labute approximate surface area is 143 Å². The van der Waals surface area contributed by atoms with Gasteiger partial charge in [-0.1, -0.05) is 6.92 Å². The van der Waals surface area contributed by atoms with Crippen molar-refractivity contribution < 1.29 is 23.4 Å². The number of hydrogen-bond acceptors (Lipinski definition) is 6. The van der Waals surface area contributed by atoms with E-state index in [-0.39, 0.29) is 5.75 Å². The number of fused-ring (bicyclic) bond motifs is 1. The lowest BCUT2D eigenvalue weighted by atomic mass is 10.2. The van der Waals surface area contributed by atoms with Gasteiger partial charge >= 0.3 is 6.09 Å². The number of nitrogens with zero attached hydrogens (tertiary/aromatic N) is 2. The van der Waals surface area contributed by atoms with Crippen molar-refractivity contribution in [3.63, 3.8) is 0 Å². The minimum Gasteiger partial charge on any atom is -0.619 e. The Balaban J connectivity index is 1.87. The monoisotopic (exact) mass is 343 g/mol. The number of ether oxygens (including phenoxy) is 2. The molecule has 3 rings (SSSR count). The van der Waals surface area contributed by atoms with E-state index in [1.165, 1.54) is 31.8 Å². The summed E-state index contributed by atoms with van der Waals surface area (Å²) in [5.41, 5.74) is 1.52. The molecule has 0 fully saturated rings. The third-order valence-electron chi connectivity index (χ3n) is 3.66. The number of amides is 1. The minimum absolute atomic E-state index is 0.254. The van der Waals surface area contributed by atoms with Crippen molar-refractivity contribution in [3.05, 3.63) is 47.3 Å². The van der Waals surface area contributed by atoms with Gasteiger partial charge in [0, 0.05) is 18.1 Å². The van der Waals surface area contributed by atoms with E-state index in [1.54, 1.807) is 13.0 Å². The summed E-state index contributed by atoms with van der Waals surface area (Å²) >= 11 is 0. The molecule has 1 N–H and O–H groups in total. The quantitative estimate of drug-likeness (QED) is 0.577. The van der Waals surface area contributed by atoms with Gasteiger partial charge in [-0.15, -0.1) is 0 Å². The number of rotatable bonds is 4. The lowest BCUT2D eigenvalue weighted by Crippen LogP contribution is -2.26. The van der Waals surface area contributed by atoms with Crippen molar-refractivity contribution in [3.8, 4) is 11.6 Å². The number of anilines is 1. The molecule has 0 aliphatic carbocycles.